The number of benzene rings is 3. The molecule has 0 aliphatic carbocycles. The van der Waals surface area contributed by atoms with E-state index < -0.39 is 0 Å². The summed E-state index contributed by atoms with van der Waals surface area (Å²) < 4.78 is 10.6. The number of carbonyl (C=O) groups excluding carboxylic acids is 1. The Balaban J connectivity index is 1.26. The normalized spacial score (nSPS) is 11.6. The summed E-state index contributed by atoms with van der Waals surface area (Å²) in [5.74, 6) is 0.613. The first-order chi connectivity index (χ1) is 17.6. The second kappa shape index (κ2) is 12.9. The van der Waals surface area contributed by atoms with Gasteiger partial charge in [-0.25, -0.2) is 4.98 Å². The molecule has 0 amide bonds. The molecule has 1 N–H and O–H groups in total. The first-order valence-electron chi connectivity index (χ1n) is 12.3. The van der Waals surface area contributed by atoms with E-state index in [1.54, 1.807) is 11.3 Å². The number of anilines is 1. The Bertz CT molecular complexity index is 1220. The van der Waals surface area contributed by atoms with E-state index in [1.807, 2.05) is 42.5 Å². The number of thiazole rings is 1. The standard InChI is InChI=1S/C30H32N2O3S/c1-3-25(19-29-32-28(21-36-29)24-7-5-4-6-8-24)31-26-14-9-23(10-15-26)20-35-27-16-11-22(12-17-27)13-18-30(33)34-2/h4-12,14-17,21,25,31H,3,13,18-20H2,1-2H3. The lowest BCUT2D eigenvalue weighted by molar-refractivity contribution is -0.140. The van der Waals surface area contributed by atoms with Crippen molar-refractivity contribution in [2.75, 3.05) is 12.4 Å². The summed E-state index contributed by atoms with van der Waals surface area (Å²) in [7, 11) is 1.41. The molecule has 1 unspecified atom stereocenters. The molecule has 0 aliphatic rings. The van der Waals surface area contributed by atoms with Crippen LogP contribution >= 0.6 is 11.3 Å². The van der Waals surface area contributed by atoms with Crippen LogP contribution in [0.25, 0.3) is 11.3 Å². The Morgan fingerprint density at radius 3 is 2.39 bits per heavy atom. The van der Waals surface area contributed by atoms with Crippen molar-refractivity contribution in [2.45, 2.75) is 45.3 Å². The lowest BCUT2D eigenvalue weighted by atomic mass is 10.1. The minimum Gasteiger partial charge on any atom is -0.489 e. The van der Waals surface area contributed by atoms with Gasteiger partial charge in [0.2, 0.25) is 0 Å². The number of nitrogens with one attached hydrogen (secondary N) is 1. The van der Waals surface area contributed by atoms with Gasteiger partial charge in [-0.15, -0.1) is 11.3 Å². The van der Waals surface area contributed by atoms with Crippen molar-refractivity contribution < 1.29 is 14.3 Å². The van der Waals surface area contributed by atoms with Gasteiger partial charge >= 0.3 is 5.97 Å². The van der Waals surface area contributed by atoms with Crippen LogP contribution in [0.1, 0.15) is 35.9 Å². The van der Waals surface area contributed by atoms with Crippen LogP contribution in [-0.4, -0.2) is 24.1 Å². The van der Waals surface area contributed by atoms with E-state index in [-0.39, 0.29) is 5.97 Å². The van der Waals surface area contributed by atoms with E-state index in [9.17, 15) is 4.79 Å². The number of aromatic nitrogens is 1. The lowest BCUT2D eigenvalue weighted by Gasteiger charge is -2.17. The lowest BCUT2D eigenvalue weighted by Crippen LogP contribution is -2.21. The minimum atomic E-state index is -0.195. The minimum absolute atomic E-state index is 0.195. The van der Waals surface area contributed by atoms with Crippen LogP contribution in [0.2, 0.25) is 0 Å². The summed E-state index contributed by atoms with van der Waals surface area (Å²) >= 11 is 1.72. The number of hydrogen-bond donors (Lipinski definition) is 1. The van der Waals surface area contributed by atoms with Crippen molar-refractivity contribution in [3.8, 4) is 17.0 Å². The van der Waals surface area contributed by atoms with Crippen LogP contribution in [-0.2, 0) is 29.0 Å². The summed E-state index contributed by atoms with van der Waals surface area (Å²) in [4.78, 5) is 16.1. The predicted octanol–water partition coefficient (Wildman–Crippen LogP) is 6.93. The number of ether oxygens (including phenoxy) is 2. The molecule has 4 rings (SSSR count). The fourth-order valence-corrected chi connectivity index (χ4v) is 4.74. The molecule has 0 aliphatic heterocycles. The van der Waals surface area contributed by atoms with E-state index >= 15 is 0 Å². The van der Waals surface area contributed by atoms with Crippen LogP contribution in [0.4, 0.5) is 5.69 Å². The zero-order chi connectivity index (χ0) is 25.2. The highest BCUT2D eigenvalue weighted by Gasteiger charge is 2.12. The van der Waals surface area contributed by atoms with E-state index in [4.69, 9.17) is 14.5 Å². The number of methoxy groups -OCH3 is 1. The molecule has 0 saturated heterocycles. The molecular formula is C30H32N2O3S. The van der Waals surface area contributed by atoms with Gasteiger partial charge in [-0.3, -0.25) is 4.79 Å². The highest BCUT2D eigenvalue weighted by Crippen LogP contribution is 2.24. The number of nitrogens with zero attached hydrogens (tertiary/aromatic N) is 1. The van der Waals surface area contributed by atoms with Crippen molar-refractivity contribution in [1.82, 2.24) is 4.98 Å². The second-order valence-electron chi connectivity index (χ2n) is 8.65. The van der Waals surface area contributed by atoms with E-state index in [2.05, 4.69) is 54.0 Å². The van der Waals surface area contributed by atoms with Crippen molar-refractivity contribution in [2.24, 2.45) is 0 Å². The molecule has 3 aromatic carbocycles. The van der Waals surface area contributed by atoms with Gasteiger partial charge in [0.25, 0.3) is 0 Å². The third-order valence-electron chi connectivity index (χ3n) is 6.03. The molecule has 1 atom stereocenters. The van der Waals surface area contributed by atoms with Crippen LogP contribution in [0.3, 0.4) is 0 Å². The van der Waals surface area contributed by atoms with Gasteiger partial charge in [-0.05, 0) is 48.2 Å². The summed E-state index contributed by atoms with van der Waals surface area (Å²) in [5.41, 5.74) is 5.50. The van der Waals surface area contributed by atoms with Gasteiger partial charge in [0.05, 0.1) is 17.8 Å². The maximum Gasteiger partial charge on any atom is 0.305 e. The van der Waals surface area contributed by atoms with Crippen molar-refractivity contribution in [1.29, 1.82) is 0 Å². The molecule has 4 aromatic rings. The number of esters is 1. The van der Waals surface area contributed by atoms with Crippen LogP contribution in [0.15, 0.2) is 84.2 Å². The van der Waals surface area contributed by atoms with Crippen LogP contribution in [0.5, 0.6) is 5.75 Å². The van der Waals surface area contributed by atoms with Crippen LogP contribution < -0.4 is 10.1 Å². The quantitative estimate of drug-likeness (QED) is 0.214. The largest absolute Gasteiger partial charge is 0.489 e. The van der Waals surface area contributed by atoms with E-state index in [0.29, 0.717) is 25.5 Å². The van der Waals surface area contributed by atoms with Gasteiger partial charge in [-0.2, -0.15) is 0 Å². The average Bonchev–Trinajstić information content (AvgIpc) is 3.40. The highest BCUT2D eigenvalue weighted by molar-refractivity contribution is 7.09. The third-order valence-corrected chi connectivity index (χ3v) is 6.91. The Morgan fingerprint density at radius 1 is 0.972 bits per heavy atom. The molecule has 0 saturated carbocycles. The molecule has 0 bridgehead atoms. The van der Waals surface area contributed by atoms with E-state index in [0.717, 1.165) is 51.7 Å². The van der Waals surface area contributed by atoms with E-state index in [1.165, 1.54) is 7.11 Å². The van der Waals surface area contributed by atoms with Crippen LogP contribution in [0, 0.1) is 0 Å². The second-order valence-corrected chi connectivity index (χ2v) is 9.59. The van der Waals surface area contributed by atoms with Crippen molar-refractivity contribution >= 4 is 23.0 Å². The Kier molecular flexibility index (Phi) is 9.11. The number of rotatable bonds is 12. The highest BCUT2D eigenvalue weighted by atomic mass is 32.1. The Morgan fingerprint density at radius 2 is 1.69 bits per heavy atom. The maximum atomic E-state index is 11.3. The molecule has 0 fully saturated rings. The summed E-state index contributed by atoms with van der Waals surface area (Å²) in [6.45, 7) is 2.70. The summed E-state index contributed by atoms with van der Waals surface area (Å²) in [6.07, 6.45) is 2.96. The predicted molar refractivity (Wildman–Crippen MR) is 147 cm³/mol. The topological polar surface area (TPSA) is 60.5 Å². The van der Waals surface area contributed by atoms with Crippen molar-refractivity contribution in [3.63, 3.8) is 0 Å². The Labute approximate surface area is 217 Å². The molecule has 5 nitrogen and oxygen atoms in total. The molecule has 1 aromatic heterocycles. The van der Waals surface area contributed by atoms with Gasteiger partial charge < -0.3 is 14.8 Å². The first-order valence-corrected chi connectivity index (χ1v) is 13.1. The SMILES string of the molecule is CCC(Cc1nc(-c2ccccc2)cs1)Nc1ccc(COc2ccc(CCC(=O)OC)cc2)cc1. The maximum absolute atomic E-state index is 11.3. The van der Waals surface area contributed by atoms with Gasteiger partial charge in [-0.1, -0.05) is 61.5 Å². The first kappa shape index (κ1) is 25.5. The molecule has 36 heavy (non-hydrogen) atoms. The monoisotopic (exact) mass is 500 g/mol. The Hall–Kier alpha value is -3.64. The molecule has 1 heterocycles. The molecular weight excluding hydrogens is 468 g/mol. The van der Waals surface area contributed by atoms with Gasteiger partial charge in [0.15, 0.2) is 0 Å². The number of carbonyl (C=O) groups is 1. The fraction of sp³-hybridized carbons (Fsp3) is 0.267. The molecule has 6 heteroatoms. The molecule has 0 spiro atoms. The number of aryl methyl sites for hydroxylation is 1. The average molecular weight is 501 g/mol. The molecule has 0 radical (unpaired) electrons. The van der Waals surface area contributed by atoms with Gasteiger partial charge in [0, 0.05) is 35.5 Å². The third kappa shape index (κ3) is 7.43. The fourth-order valence-electron chi connectivity index (χ4n) is 3.85. The van der Waals surface area contributed by atoms with Crippen molar-refractivity contribution in [3.05, 3.63) is 100 Å². The number of hydrogen-bond acceptors (Lipinski definition) is 6. The molecule has 186 valence electrons. The summed E-state index contributed by atoms with van der Waals surface area (Å²) in [6, 6.07) is 26.9. The zero-order valence-corrected chi connectivity index (χ0v) is 21.6. The smallest absolute Gasteiger partial charge is 0.305 e. The zero-order valence-electron chi connectivity index (χ0n) is 20.8. The van der Waals surface area contributed by atoms with Gasteiger partial charge in [0.1, 0.15) is 12.4 Å². The summed E-state index contributed by atoms with van der Waals surface area (Å²) in [5, 5.41) is 6.94.